The van der Waals surface area contributed by atoms with Crippen molar-refractivity contribution >= 4 is 11.9 Å². The van der Waals surface area contributed by atoms with Crippen LogP contribution >= 0.6 is 0 Å². The van der Waals surface area contributed by atoms with E-state index in [4.69, 9.17) is 47.4 Å². The zero-order chi connectivity index (χ0) is 33.8. The third-order valence-corrected chi connectivity index (χ3v) is 7.01. The van der Waals surface area contributed by atoms with Crippen molar-refractivity contribution in [1.82, 2.24) is 0 Å². The van der Waals surface area contributed by atoms with Gasteiger partial charge in [0.1, 0.15) is 13.2 Å². The van der Waals surface area contributed by atoms with Crippen molar-refractivity contribution in [2.24, 2.45) is 11.8 Å². The molecule has 0 aromatic carbocycles. The lowest BCUT2D eigenvalue weighted by Gasteiger charge is -2.13. The van der Waals surface area contributed by atoms with Crippen LogP contribution < -0.4 is 0 Å². The molecule has 0 aliphatic heterocycles. The van der Waals surface area contributed by atoms with Crippen molar-refractivity contribution in [3.05, 3.63) is 0 Å². The Morgan fingerprint density at radius 2 is 0.587 bits per heavy atom. The van der Waals surface area contributed by atoms with Gasteiger partial charge in [0, 0.05) is 0 Å². The molecule has 0 bridgehead atoms. The number of carbonyl (C=O) groups is 2. The summed E-state index contributed by atoms with van der Waals surface area (Å²) < 4.78 is 54.3. The highest BCUT2D eigenvalue weighted by Crippen LogP contribution is 2.15. The first-order chi connectivity index (χ1) is 22.6. The normalized spacial score (nSPS) is 12.7. The fourth-order valence-corrected chi connectivity index (χ4v) is 4.16. The van der Waals surface area contributed by atoms with E-state index in [1.165, 1.54) is 0 Å². The van der Waals surface area contributed by atoms with Crippen LogP contribution in [0.2, 0.25) is 0 Å². The minimum absolute atomic E-state index is 0.00495. The average molecular weight is 667 g/mol. The van der Waals surface area contributed by atoms with Crippen molar-refractivity contribution in [3.8, 4) is 0 Å². The molecule has 0 fully saturated rings. The Bertz CT molecular complexity index is 598. The molecule has 0 saturated carbocycles. The Morgan fingerprint density at radius 1 is 0.370 bits per heavy atom. The standard InChI is InChI=1S/C34H66O12/c1-5-9-11-31(7-3)33(35)45-29-27-43-25-23-41-21-19-39-17-15-37-13-14-38-16-18-40-20-22-42-24-26-44-28-30-46-34(36)32(8-4)12-10-6-2/h31-32H,5-30H2,1-4H3. The first-order valence-electron chi connectivity index (χ1n) is 17.6. The molecular weight excluding hydrogens is 600 g/mol. The number of ether oxygens (including phenoxy) is 10. The molecule has 12 nitrogen and oxygen atoms in total. The van der Waals surface area contributed by atoms with Crippen LogP contribution in [0.1, 0.15) is 79.1 Å². The lowest BCUT2D eigenvalue weighted by molar-refractivity contribution is -0.151. The van der Waals surface area contributed by atoms with Gasteiger partial charge < -0.3 is 47.4 Å². The van der Waals surface area contributed by atoms with E-state index in [9.17, 15) is 9.59 Å². The molecule has 0 spiro atoms. The van der Waals surface area contributed by atoms with Crippen molar-refractivity contribution < 1.29 is 57.0 Å². The summed E-state index contributed by atoms with van der Waals surface area (Å²) >= 11 is 0. The maximum atomic E-state index is 12.0. The van der Waals surface area contributed by atoms with Crippen LogP contribution in [-0.4, -0.2) is 131 Å². The zero-order valence-electron chi connectivity index (χ0n) is 29.4. The van der Waals surface area contributed by atoms with Gasteiger partial charge in [-0.15, -0.1) is 0 Å². The molecule has 0 aliphatic rings. The van der Waals surface area contributed by atoms with Gasteiger partial charge in [-0.05, 0) is 25.7 Å². The van der Waals surface area contributed by atoms with Crippen LogP contribution in [0, 0.1) is 11.8 Å². The molecule has 0 N–H and O–H groups in total. The van der Waals surface area contributed by atoms with Crippen molar-refractivity contribution in [1.29, 1.82) is 0 Å². The highest BCUT2D eigenvalue weighted by Gasteiger charge is 2.17. The maximum Gasteiger partial charge on any atom is 0.308 e. The van der Waals surface area contributed by atoms with E-state index >= 15 is 0 Å². The van der Waals surface area contributed by atoms with Gasteiger partial charge in [0.15, 0.2) is 0 Å². The Kier molecular flexibility index (Phi) is 35.4. The molecule has 274 valence electrons. The van der Waals surface area contributed by atoms with Gasteiger partial charge in [-0.3, -0.25) is 9.59 Å². The molecule has 2 unspecified atom stereocenters. The van der Waals surface area contributed by atoms with Gasteiger partial charge in [-0.25, -0.2) is 0 Å². The lowest BCUT2D eigenvalue weighted by atomic mass is 10.00. The first-order valence-corrected chi connectivity index (χ1v) is 17.6. The number of hydrogen-bond acceptors (Lipinski definition) is 12. The largest absolute Gasteiger partial charge is 0.463 e. The molecule has 0 heterocycles. The second-order valence-corrected chi connectivity index (χ2v) is 10.7. The average Bonchev–Trinajstić information content (AvgIpc) is 3.06. The summed E-state index contributed by atoms with van der Waals surface area (Å²) in [6.45, 7) is 16.3. The van der Waals surface area contributed by atoms with E-state index in [-0.39, 0.29) is 37.0 Å². The fraction of sp³-hybridized carbons (Fsp3) is 0.941. The van der Waals surface area contributed by atoms with Crippen molar-refractivity contribution in [2.75, 3.05) is 119 Å². The monoisotopic (exact) mass is 666 g/mol. The second kappa shape index (κ2) is 36.5. The molecule has 0 aliphatic carbocycles. The van der Waals surface area contributed by atoms with Crippen molar-refractivity contribution in [3.63, 3.8) is 0 Å². The van der Waals surface area contributed by atoms with E-state index < -0.39 is 0 Å². The third-order valence-electron chi connectivity index (χ3n) is 7.01. The summed E-state index contributed by atoms with van der Waals surface area (Å²) in [5, 5.41) is 0. The van der Waals surface area contributed by atoms with Gasteiger partial charge in [0.25, 0.3) is 0 Å². The second-order valence-electron chi connectivity index (χ2n) is 10.7. The van der Waals surface area contributed by atoms with E-state index in [0.717, 1.165) is 51.4 Å². The minimum atomic E-state index is -0.122. The molecule has 12 heteroatoms. The van der Waals surface area contributed by atoms with Crippen molar-refractivity contribution in [2.45, 2.75) is 79.1 Å². The molecule has 0 aromatic heterocycles. The van der Waals surface area contributed by atoms with Gasteiger partial charge >= 0.3 is 11.9 Å². The van der Waals surface area contributed by atoms with Gasteiger partial charge in [-0.2, -0.15) is 0 Å². The molecule has 0 radical (unpaired) electrons. The first kappa shape index (κ1) is 44.6. The molecule has 46 heavy (non-hydrogen) atoms. The quantitative estimate of drug-likeness (QED) is 0.0677. The molecular formula is C34H66O12. The molecule has 0 saturated heterocycles. The van der Waals surface area contributed by atoms with Gasteiger partial charge in [0.05, 0.1) is 118 Å². The predicted octanol–water partition coefficient (Wildman–Crippen LogP) is 4.64. The minimum Gasteiger partial charge on any atom is -0.463 e. The molecule has 2 atom stereocenters. The van der Waals surface area contributed by atoms with Gasteiger partial charge in [-0.1, -0.05) is 53.4 Å². The van der Waals surface area contributed by atoms with Crippen LogP contribution in [0.4, 0.5) is 0 Å². The molecule has 0 amide bonds. The number of unbranched alkanes of at least 4 members (excludes halogenated alkanes) is 2. The third kappa shape index (κ3) is 30.0. The topological polar surface area (TPSA) is 126 Å². The Hall–Kier alpha value is -1.38. The highest BCUT2D eigenvalue weighted by atomic mass is 16.6. The smallest absolute Gasteiger partial charge is 0.308 e. The molecule has 0 rings (SSSR count). The Labute approximate surface area is 278 Å². The Morgan fingerprint density at radius 3 is 0.783 bits per heavy atom. The van der Waals surface area contributed by atoms with Crippen LogP contribution in [-0.2, 0) is 57.0 Å². The summed E-state index contributed by atoms with van der Waals surface area (Å²) in [5.41, 5.74) is 0. The van der Waals surface area contributed by atoms with Gasteiger partial charge in [0.2, 0.25) is 0 Å². The predicted molar refractivity (Wildman–Crippen MR) is 175 cm³/mol. The maximum absolute atomic E-state index is 12.0. The summed E-state index contributed by atoms with van der Waals surface area (Å²) in [4.78, 5) is 24.0. The summed E-state index contributed by atoms with van der Waals surface area (Å²) in [5.74, 6) is -0.253. The number of carbonyl (C=O) groups excluding carboxylic acids is 2. The van der Waals surface area contributed by atoms with E-state index in [2.05, 4.69) is 13.8 Å². The van der Waals surface area contributed by atoms with Crippen LogP contribution in [0.5, 0.6) is 0 Å². The SMILES string of the molecule is CCCCC(CC)C(=O)OCCOCCOCCOCCOCCOCCOCCOCCOCCOC(=O)C(CC)CCCC. The molecule has 0 aromatic rings. The number of rotatable bonds is 37. The fourth-order valence-electron chi connectivity index (χ4n) is 4.16. The summed E-state index contributed by atoms with van der Waals surface area (Å²) in [7, 11) is 0. The zero-order valence-corrected chi connectivity index (χ0v) is 29.4. The number of hydrogen-bond donors (Lipinski definition) is 0. The van der Waals surface area contributed by atoms with E-state index in [0.29, 0.717) is 106 Å². The Balaban J connectivity index is 3.24. The summed E-state index contributed by atoms with van der Waals surface area (Å²) in [6, 6.07) is 0. The lowest BCUT2D eigenvalue weighted by Crippen LogP contribution is -2.20. The summed E-state index contributed by atoms with van der Waals surface area (Å²) in [6.07, 6.45) is 7.66. The number of esters is 2. The van der Waals surface area contributed by atoms with E-state index in [1.807, 2.05) is 13.8 Å². The van der Waals surface area contributed by atoms with Crippen LogP contribution in [0.25, 0.3) is 0 Å². The highest BCUT2D eigenvalue weighted by molar-refractivity contribution is 5.72. The van der Waals surface area contributed by atoms with Crippen LogP contribution in [0.3, 0.4) is 0 Å². The van der Waals surface area contributed by atoms with E-state index in [1.54, 1.807) is 0 Å². The van der Waals surface area contributed by atoms with Crippen LogP contribution in [0.15, 0.2) is 0 Å².